The first kappa shape index (κ1) is 14.0. The lowest BCUT2D eigenvalue weighted by molar-refractivity contribution is 0.171. The molecule has 0 aromatic carbocycles. The fourth-order valence-electron chi connectivity index (χ4n) is 1.45. The van der Waals surface area contributed by atoms with Crippen molar-refractivity contribution in [1.29, 1.82) is 0 Å². The topological polar surface area (TPSA) is 52.5 Å². The normalized spacial score (nSPS) is 17.0. The summed E-state index contributed by atoms with van der Waals surface area (Å²) in [5, 5.41) is 24.4. The monoisotopic (exact) mass is 261 g/mol. The third-order valence-corrected chi connectivity index (χ3v) is 4.68. The highest BCUT2D eigenvalue weighted by Crippen LogP contribution is 2.18. The van der Waals surface area contributed by atoms with Crippen molar-refractivity contribution in [3.63, 3.8) is 0 Å². The summed E-state index contributed by atoms with van der Waals surface area (Å²) in [6.45, 7) is 2.71. The van der Waals surface area contributed by atoms with Crippen LogP contribution in [-0.4, -0.2) is 40.9 Å². The van der Waals surface area contributed by atoms with Gasteiger partial charge in [0, 0.05) is 22.7 Å². The number of hydrogen-bond donors (Lipinski definition) is 3. The molecule has 3 N–H and O–H groups in total. The molecular weight excluding hydrogens is 242 g/mol. The van der Waals surface area contributed by atoms with E-state index in [-0.39, 0.29) is 17.9 Å². The minimum absolute atomic E-state index is 0.157. The minimum Gasteiger partial charge on any atom is -0.395 e. The van der Waals surface area contributed by atoms with E-state index in [0.29, 0.717) is 6.54 Å². The Morgan fingerprint density at radius 3 is 2.81 bits per heavy atom. The summed E-state index contributed by atoms with van der Waals surface area (Å²) < 4.78 is 0. The molecule has 1 aromatic rings. The maximum atomic E-state index is 9.86. The van der Waals surface area contributed by atoms with Crippen LogP contribution in [0, 0.1) is 0 Å². The number of hydrogen-bond acceptors (Lipinski definition) is 5. The molecular formula is C11H19NO2S2. The molecule has 3 unspecified atom stereocenters. The van der Waals surface area contributed by atoms with E-state index in [1.54, 1.807) is 23.1 Å². The predicted molar refractivity (Wildman–Crippen MR) is 71.1 cm³/mol. The molecule has 5 heteroatoms. The second-order valence-electron chi connectivity index (χ2n) is 3.68. The summed E-state index contributed by atoms with van der Waals surface area (Å²) in [5.74, 6) is 0. The highest BCUT2D eigenvalue weighted by molar-refractivity contribution is 7.99. The highest BCUT2D eigenvalue weighted by Gasteiger charge is 2.16. The second kappa shape index (κ2) is 7.29. The Kier molecular flexibility index (Phi) is 6.38. The van der Waals surface area contributed by atoms with Crippen LogP contribution in [-0.2, 0) is 0 Å². The Hall–Kier alpha value is -0.0700. The maximum Gasteiger partial charge on any atom is 0.101 e. The van der Waals surface area contributed by atoms with E-state index in [4.69, 9.17) is 5.11 Å². The molecule has 1 aromatic heterocycles. The molecule has 0 bridgehead atoms. The fourth-order valence-corrected chi connectivity index (χ4v) is 2.81. The Balaban J connectivity index is 2.34. The van der Waals surface area contributed by atoms with Gasteiger partial charge in [0.1, 0.15) is 6.10 Å². The summed E-state index contributed by atoms with van der Waals surface area (Å²) in [4.78, 5) is 0.976. The maximum absolute atomic E-state index is 9.86. The SMILES string of the molecule is CSC(CO)C(C)NCC(O)c1cccs1. The van der Waals surface area contributed by atoms with Gasteiger partial charge in [-0.1, -0.05) is 6.07 Å². The van der Waals surface area contributed by atoms with E-state index in [9.17, 15) is 5.11 Å². The van der Waals surface area contributed by atoms with Gasteiger partial charge in [-0.05, 0) is 24.6 Å². The van der Waals surface area contributed by atoms with Gasteiger partial charge in [-0.2, -0.15) is 11.8 Å². The fraction of sp³-hybridized carbons (Fsp3) is 0.636. The number of nitrogens with one attached hydrogen (secondary N) is 1. The predicted octanol–water partition coefficient (Wildman–Crippen LogP) is 1.48. The van der Waals surface area contributed by atoms with Crippen LogP contribution in [0.15, 0.2) is 17.5 Å². The van der Waals surface area contributed by atoms with Gasteiger partial charge in [0.15, 0.2) is 0 Å². The Morgan fingerprint density at radius 1 is 1.56 bits per heavy atom. The van der Waals surface area contributed by atoms with Crippen LogP contribution >= 0.6 is 23.1 Å². The molecule has 3 atom stereocenters. The third kappa shape index (κ3) is 4.07. The summed E-state index contributed by atoms with van der Waals surface area (Å²) in [5.41, 5.74) is 0. The van der Waals surface area contributed by atoms with Crippen LogP contribution in [0.25, 0.3) is 0 Å². The smallest absolute Gasteiger partial charge is 0.101 e. The summed E-state index contributed by atoms with van der Waals surface area (Å²) in [6.07, 6.45) is 1.53. The number of rotatable bonds is 7. The van der Waals surface area contributed by atoms with Crippen molar-refractivity contribution in [2.24, 2.45) is 0 Å². The molecule has 3 nitrogen and oxygen atoms in total. The van der Waals surface area contributed by atoms with Crippen LogP contribution in [0.2, 0.25) is 0 Å². The molecule has 92 valence electrons. The van der Waals surface area contributed by atoms with Crippen LogP contribution < -0.4 is 5.32 Å². The molecule has 1 heterocycles. The van der Waals surface area contributed by atoms with Gasteiger partial charge < -0.3 is 15.5 Å². The molecule has 0 radical (unpaired) electrons. The van der Waals surface area contributed by atoms with E-state index in [2.05, 4.69) is 5.32 Å². The molecule has 0 amide bonds. The summed E-state index contributed by atoms with van der Waals surface area (Å²) in [7, 11) is 0. The molecule has 16 heavy (non-hydrogen) atoms. The van der Waals surface area contributed by atoms with Crippen molar-refractivity contribution in [2.45, 2.75) is 24.3 Å². The van der Waals surface area contributed by atoms with E-state index >= 15 is 0 Å². The Morgan fingerprint density at radius 2 is 2.31 bits per heavy atom. The van der Waals surface area contributed by atoms with E-state index in [1.807, 2.05) is 30.7 Å². The van der Waals surface area contributed by atoms with Crippen molar-refractivity contribution < 1.29 is 10.2 Å². The zero-order valence-corrected chi connectivity index (χ0v) is 11.2. The number of thioether (sulfide) groups is 1. The Labute approximate surface area is 105 Å². The average molecular weight is 261 g/mol. The molecule has 0 aliphatic heterocycles. The lowest BCUT2D eigenvalue weighted by Crippen LogP contribution is -2.39. The zero-order chi connectivity index (χ0) is 12.0. The lowest BCUT2D eigenvalue weighted by Gasteiger charge is -2.22. The molecule has 0 aliphatic rings. The minimum atomic E-state index is -0.455. The zero-order valence-electron chi connectivity index (χ0n) is 9.59. The van der Waals surface area contributed by atoms with Gasteiger partial charge in [0.2, 0.25) is 0 Å². The van der Waals surface area contributed by atoms with E-state index in [1.165, 1.54) is 0 Å². The van der Waals surface area contributed by atoms with Crippen LogP contribution in [0.4, 0.5) is 0 Å². The molecule has 0 saturated carbocycles. The molecule has 0 aliphatic carbocycles. The van der Waals surface area contributed by atoms with E-state index in [0.717, 1.165) is 4.88 Å². The Bertz CT molecular complexity index is 276. The van der Waals surface area contributed by atoms with Crippen molar-refractivity contribution in [2.75, 3.05) is 19.4 Å². The van der Waals surface area contributed by atoms with Gasteiger partial charge in [-0.25, -0.2) is 0 Å². The average Bonchev–Trinajstić information content (AvgIpc) is 2.81. The van der Waals surface area contributed by atoms with Gasteiger partial charge in [-0.15, -0.1) is 11.3 Å². The number of thiophene rings is 1. The molecule has 1 rings (SSSR count). The third-order valence-electron chi connectivity index (χ3n) is 2.55. The van der Waals surface area contributed by atoms with Crippen LogP contribution in [0.5, 0.6) is 0 Å². The summed E-state index contributed by atoms with van der Waals surface area (Å²) in [6, 6.07) is 4.06. The standard InChI is InChI=1S/C11H19NO2S2/c1-8(11(7-13)15-2)12-6-9(14)10-4-3-5-16-10/h3-5,8-9,11-14H,6-7H2,1-2H3. The molecule has 0 fully saturated rings. The van der Waals surface area contributed by atoms with E-state index < -0.39 is 6.10 Å². The quantitative estimate of drug-likeness (QED) is 0.696. The lowest BCUT2D eigenvalue weighted by atomic mass is 10.2. The molecule has 0 saturated heterocycles. The van der Waals surface area contributed by atoms with Crippen molar-refractivity contribution in [1.82, 2.24) is 5.32 Å². The first-order valence-corrected chi connectivity index (χ1v) is 7.44. The van der Waals surface area contributed by atoms with Crippen molar-refractivity contribution in [3.8, 4) is 0 Å². The largest absolute Gasteiger partial charge is 0.395 e. The first-order valence-electron chi connectivity index (χ1n) is 5.27. The summed E-state index contributed by atoms with van der Waals surface area (Å²) >= 11 is 3.19. The van der Waals surface area contributed by atoms with Gasteiger partial charge >= 0.3 is 0 Å². The van der Waals surface area contributed by atoms with Gasteiger partial charge in [0.25, 0.3) is 0 Å². The van der Waals surface area contributed by atoms with Crippen molar-refractivity contribution >= 4 is 23.1 Å². The second-order valence-corrected chi connectivity index (χ2v) is 5.74. The number of aliphatic hydroxyl groups is 2. The van der Waals surface area contributed by atoms with Gasteiger partial charge in [-0.3, -0.25) is 0 Å². The van der Waals surface area contributed by atoms with Crippen LogP contribution in [0.3, 0.4) is 0 Å². The first-order chi connectivity index (χ1) is 7.69. The number of aliphatic hydroxyl groups excluding tert-OH is 2. The van der Waals surface area contributed by atoms with Crippen molar-refractivity contribution in [3.05, 3.63) is 22.4 Å². The highest BCUT2D eigenvalue weighted by atomic mass is 32.2. The van der Waals surface area contributed by atoms with Gasteiger partial charge in [0.05, 0.1) is 6.61 Å². The molecule has 0 spiro atoms. The van der Waals surface area contributed by atoms with Crippen LogP contribution in [0.1, 0.15) is 17.9 Å².